The number of hydrogen-bond acceptors (Lipinski definition) is 3. The van der Waals surface area contributed by atoms with Gasteiger partial charge < -0.3 is 9.84 Å². The van der Waals surface area contributed by atoms with E-state index in [4.69, 9.17) is 4.74 Å². The molecule has 0 saturated carbocycles. The summed E-state index contributed by atoms with van der Waals surface area (Å²) in [5.74, 6) is 0.234. The quantitative estimate of drug-likeness (QED) is 0.927. The lowest BCUT2D eigenvalue weighted by Crippen LogP contribution is -2.29. The van der Waals surface area contributed by atoms with Crippen molar-refractivity contribution < 1.29 is 9.84 Å². The van der Waals surface area contributed by atoms with E-state index in [0.717, 1.165) is 35.4 Å². The van der Waals surface area contributed by atoms with Crippen molar-refractivity contribution >= 4 is 15.9 Å². The molecule has 1 saturated heterocycles. The molecule has 1 fully saturated rings. The van der Waals surface area contributed by atoms with Gasteiger partial charge >= 0.3 is 0 Å². The Hall–Kier alpha value is -0.390. The molecule has 1 aliphatic rings. The third-order valence-electron chi connectivity index (χ3n) is 3.78. The van der Waals surface area contributed by atoms with Gasteiger partial charge in [-0.1, -0.05) is 0 Å². The molecule has 5 heteroatoms. The first kappa shape index (κ1) is 14.0. The Morgan fingerprint density at radius 1 is 1.61 bits per heavy atom. The topological polar surface area (TPSA) is 47.3 Å². The van der Waals surface area contributed by atoms with Gasteiger partial charge in [-0.15, -0.1) is 0 Å². The lowest BCUT2D eigenvalue weighted by Gasteiger charge is -2.21. The first-order valence-electron chi connectivity index (χ1n) is 6.56. The highest BCUT2D eigenvalue weighted by Crippen LogP contribution is 2.29. The zero-order chi connectivity index (χ0) is 13.3. The van der Waals surface area contributed by atoms with Crippen molar-refractivity contribution in [2.45, 2.75) is 52.4 Å². The largest absolute Gasteiger partial charge is 0.392 e. The average Bonchev–Trinajstić information content (AvgIpc) is 2.87. The number of aryl methyl sites for hydroxylation is 2. The molecule has 0 radical (unpaired) electrons. The number of rotatable bonds is 4. The second kappa shape index (κ2) is 5.72. The van der Waals surface area contributed by atoms with Gasteiger partial charge in [-0.05, 0) is 43.1 Å². The van der Waals surface area contributed by atoms with E-state index < -0.39 is 0 Å². The van der Waals surface area contributed by atoms with Gasteiger partial charge in [-0.25, -0.2) is 0 Å². The smallest absolute Gasteiger partial charge is 0.0738 e. The predicted octanol–water partition coefficient (Wildman–Crippen LogP) is 2.30. The fourth-order valence-electron chi connectivity index (χ4n) is 2.67. The van der Waals surface area contributed by atoms with Crippen LogP contribution in [0.1, 0.15) is 31.7 Å². The third kappa shape index (κ3) is 2.63. The molecular weight excluding hydrogens is 296 g/mol. The molecule has 0 bridgehead atoms. The number of nitrogens with zero attached hydrogens (tertiary/aromatic N) is 2. The fourth-order valence-corrected chi connectivity index (χ4v) is 3.11. The second-order valence-corrected chi connectivity index (χ2v) is 5.75. The molecule has 2 heterocycles. The molecule has 1 aromatic rings. The molecule has 3 unspecified atom stereocenters. The van der Waals surface area contributed by atoms with E-state index in [1.165, 1.54) is 0 Å². The summed E-state index contributed by atoms with van der Waals surface area (Å²) < 4.78 is 8.51. The summed E-state index contributed by atoms with van der Waals surface area (Å²) in [6.07, 6.45) is 1.37. The van der Waals surface area contributed by atoms with E-state index >= 15 is 0 Å². The zero-order valence-corrected chi connectivity index (χ0v) is 12.8. The van der Waals surface area contributed by atoms with Gasteiger partial charge in [-0.2, -0.15) is 5.10 Å². The van der Waals surface area contributed by atoms with Gasteiger partial charge in [0.15, 0.2) is 0 Å². The summed E-state index contributed by atoms with van der Waals surface area (Å²) in [7, 11) is 0. The van der Waals surface area contributed by atoms with Crippen molar-refractivity contribution in [3.63, 3.8) is 0 Å². The molecule has 102 valence electrons. The van der Waals surface area contributed by atoms with Crippen LogP contribution in [0.5, 0.6) is 0 Å². The van der Waals surface area contributed by atoms with Crippen LogP contribution in [-0.2, 0) is 17.7 Å². The number of aliphatic hydroxyl groups is 1. The number of halogens is 1. The highest BCUT2D eigenvalue weighted by Gasteiger charge is 2.32. The first-order valence-corrected chi connectivity index (χ1v) is 7.35. The van der Waals surface area contributed by atoms with Gasteiger partial charge in [0, 0.05) is 25.5 Å². The van der Waals surface area contributed by atoms with Crippen LogP contribution in [-0.4, -0.2) is 33.7 Å². The molecule has 1 N–H and O–H groups in total. The Morgan fingerprint density at radius 3 is 2.89 bits per heavy atom. The molecule has 0 aromatic carbocycles. The van der Waals surface area contributed by atoms with Crippen LogP contribution in [0.4, 0.5) is 0 Å². The number of aromatic nitrogens is 2. The van der Waals surface area contributed by atoms with Crippen LogP contribution in [0.15, 0.2) is 4.47 Å². The molecule has 2 rings (SSSR count). The summed E-state index contributed by atoms with van der Waals surface area (Å²) in [4.78, 5) is 0. The van der Waals surface area contributed by atoms with Crippen molar-refractivity contribution in [2.24, 2.45) is 5.92 Å². The van der Waals surface area contributed by atoms with Gasteiger partial charge in [0.25, 0.3) is 0 Å². The molecule has 0 amide bonds. The summed E-state index contributed by atoms with van der Waals surface area (Å²) in [6.45, 7) is 7.67. The summed E-state index contributed by atoms with van der Waals surface area (Å²) >= 11 is 3.57. The Balaban J connectivity index is 2.13. The molecule has 0 aliphatic carbocycles. The molecule has 1 aromatic heterocycles. The maximum atomic E-state index is 10.4. The summed E-state index contributed by atoms with van der Waals surface area (Å²) in [6, 6.07) is 0. The number of aliphatic hydroxyl groups excluding tert-OH is 1. The normalized spacial score (nSPS) is 25.6. The minimum atomic E-state index is -0.361. The highest BCUT2D eigenvalue weighted by molar-refractivity contribution is 9.10. The fraction of sp³-hybridized carbons (Fsp3) is 0.769. The van der Waals surface area contributed by atoms with E-state index in [1.54, 1.807) is 0 Å². The number of hydrogen-bond donors (Lipinski definition) is 1. The molecule has 1 aliphatic heterocycles. The van der Waals surface area contributed by atoms with Crippen LogP contribution in [0.2, 0.25) is 0 Å². The lowest BCUT2D eigenvalue weighted by molar-refractivity contribution is 0.0430. The molecule has 18 heavy (non-hydrogen) atoms. The minimum Gasteiger partial charge on any atom is -0.392 e. The van der Waals surface area contributed by atoms with E-state index in [-0.39, 0.29) is 18.1 Å². The summed E-state index contributed by atoms with van der Waals surface area (Å²) in [5.41, 5.74) is 2.07. The van der Waals surface area contributed by atoms with Gasteiger partial charge in [0.1, 0.15) is 0 Å². The van der Waals surface area contributed by atoms with Crippen molar-refractivity contribution in [1.29, 1.82) is 0 Å². The second-order valence-electron chi connectivity index (χ2n) is 4.96. The van der Waals surface area contributed by atoms with E-state index in [2.05, 4.69) is 28.0 Å². The first-order chi connectivity index (χ1) is 8.54. The maximum absolute atomic E-state index is 10.4. The van der Waals surface area contributed by atoms with Gasteiger partial charge in [0.2, 0.25) is 0 Å². The molecule has 4 nitrogen and oxygen atoms in total. The van der Waals surface area contributed by atoms with Crippen LogP contribution in [0, 0.1) is 12.8 Å². The van der Waals surface area contributed by atoms with E-state index in [0.29, 0.717) is 6.42 Å². The monoisotopic (exact) mass is 316 g/mol. The molecule has 0 spiro atoms. The molecular formula is C13H21BrN2O2. The van der Waals surface area contributed by atoms with Crippen molar-refractivity contribution in [2.75, 3.05) is 6.61 Å². The number of ether oxygens (including phenoxy) is 1. The van der Waals surface area contributed by atoms with Gasteiger partial charge in [-0.3, -0.25) is 4.68 Å². The highest BCUT2D eigenvalue weighted by atomic mass is 79.9. The summed E-state index contributed by atoms with van der Waals surface area (Å²) in [5, 5.41) is 14.8. The Labute approximate surface area is 116 Å². The average molecular weight is 317 g/mol. The van der Waals surface area contributed by atoms with Crippen LogP contribution in [0.25, 0.3) is 0 Å². The molecule has 3 atom stereocenters. The Kier molecular flexibility index (Phi) is 4.45. The van der Waals surface area contributed by atoms with Crippen LogP contribution < -0.4 is 0 Å². The Bertz CT molecular complexity index is 419. The van der Waals surface area contributed by atoms with E-state index in [1.807, 2.05) is 18.5 Å². The Morgan fingerprint density at radius 2 is 2.33 bits per heavy atom. The van der Waals surface area contributed by atoms with Crippen molar-refractivity contribution in [3.05, 3.63) is 15.9 Å². The predicted molar refractivity (Wildman–Crippen MR) is 73.6 cm³/mol. The third-order valence-corrected chi connectivity index (χ3v) is 4.82. The zero-order valence-electron chi connectivity index (χ0n) is 11.2. The minimum absolute atomic E-state index is 0.151. The lowest BCUT2D eigenvalue weighted by atomic mass is 9.92. The van der Waals surface area contributed by atoms with Crippen LogP contribution >= 0.6 is 15.9 Å². The SMILES string of the molecule is CCn1nc(C)c(Br)c1CC(O)C1CCOC1C. The van der Waals surface area contributed by atoms with Crippen molar-refractivity contribution in [3.8, 4) is 0 Å². The van der Waals surface area contributed by atoms with Crippen molar-refractivity contribution in [1.82, 2.24) is 9.78 Å². The van der Waals surface area contributed by atoms with Crippen LogP contribution in [0.3, 0.4) is 0 Å². The standard InChI is InChI=1S/C13H21BrN2O2/c1-4-16-11(13(14)8(2)15-16)7-12(17)10-5-6-18-9(10)3/h9-10,12,17H,4-7H2,1-3H3. The van der Waals surface area contributed by atoms with E-state index in [9.17, 15) is 5.11 Å². The van der Waals surface area contributed by atoms with Gasteiger partial charge in [0.05, 0.1) is 28.1 Å². The maximum Gasteiger partial charge on any atom is 0.0738 e.